The van der Waals surface area contributed by atoms with Crippen LogP contribution in [0.1, 0.15) is 41.2 Å². The normalized spacial score (nSPS) is 11.4. The van der Waals surface area contributed by atoms with Gasteiger partial charge < -0.3 is 14.8 Å². The Hall–Kier alpha value is -2.84. The van der Waals surface area contributed by atoms with E-state index in [4.69, 9.17) is 4.74 Å². The van der Waals surface area contributed by atoms with Crippen molar-refractivity contribution >= 4 is 5.91 Å². The molecule has 0 atom stereocenters. The van der Waals surface area contributed by atoms with Crippen molar-refractivity contribution in [3.8, 4) is 11.8 Å². The highest BCUT2D eigenvalue weighted by atomic mass is 19.4. The van der Waals surface area contributed by atoms with E-state index < -0.39 is 12.8 Å². The van der Waals surface area contributed by atoms with Crippen LogP contribution in [0.4, 0.5) is 13.2 Å². The number of aryl methyl sites for hydroxylation is 1. The highest BCUT2D eigenvalue weighted by Crippen LogP contribution is 2.24. The number of pyridine rings is 2. The number of halogens is 3. The summed E-state index contributed by atoms with van der Waals surface area (Å²) in [5, 5.41) is 2.79. The molecule has 2 aromatic heterocycles. The van der Waals surface area contributed by atoms with Crippen LogP contribution in [0.25, 0.3) is 0 Å². The van der Waals surface area contributed by atoms with Crippen LogP contribution in [0, 0.1) is 6.92 Å². The molecule has 0 bridgehead atoms. The zero-order valence-corrected chi connectivity index (χ0v) is 16.1. The predicted octanol–water partition coefficient (Wildman–Crippen LogP) is 3.46. The molecule has 0 aromatic carbocycles. The molecule has 2 aromatic rings. The van der Waals surface area contributed by atoms with Gasteiger partial charge in [0.25, 0.3) is 5.91 Å². The number of nitrogens with zero attached hydrogens (tertiary/aromatic N) is 2. The van der Waals surface area contributed by atoms with Crippen molar-refractivity contribution in [1.29, 1.82) is 0 Å². The van der Waals surface area contributed by atoms with Crippen LogP contribution in [0.15, 0.2) is 24.3 Å². The Bertz CT molecular complexity index is 839. The van der Waals surface area contributed by atoms with E-state index in [-0.39, 0.29) is 23.7 Å². The zero-order chi connectivity index (χ0) is 20.9. The summed E-state index contributed by atoms with van der Waals surface area (Å²) in [6.07, 6.45) is -4.09. The van der Waals surface area contributed by atoms with E-state index in [0.717, 1.165) is 5.56 Å². The quantitative estimate of drug-likeness (QED) is 0.775. The molecule has 0 aliphatic carbocycles. The van der Waals surface area contributed by atoms with E-state index in [1.807, 2.05) is 19.9 Å². The molecule has 6 nitrogen and oxygen atoms in total. The highest BCUT2D eigenvalue weighted by Gasteiger charge is 2.28. The molecule has 0 aliphatic heterocycles. The van der Waals surface area contributed by atoms with Crippen LogP contribution in [0.3, 0.4) is 0 Å². The maximum Gasteiger partial charge on any atom is 0.422 e. The van der Waals surface area contributed by atoms with Gasteiger partial charge in [-0.15, -0.1) is 0 Å². The fraction of sp³-hybridized carbons (Fsp3) is 0.421. The average Bonchev–Trinajstić information content (AvgIpc) is 2.59. The molecule has 0 fully saturated rings. The van der Waals surface area contributed by atoms with Gasteiger partial charge in [0.2, 0.25) is 11.8 Å². The van der Waals surface area contributed by atoms with Gasteiger partial charge in [0.1, 0.15) is 5.69 Å². The first kappa shape index (κ1) is 21.5. The van der Waals surface area contributed by atoms with Gasteiger partial charge in [0.05, 0.1) is 7.11 Å². The summed E-state index contributed by atoms with van der Waals surface area (Å²) in [6.45, 7) is 4.06. The SMILES string of the molecule is COc1nc(OCC(F)(F)F)ccc1Cc1cc(C)nc(C(=O)NC(C)C)c1. The molecular weight excluding hydrogens is 375 g/mol. The topological polar surface area (TPSA) is 73.3 Å². The summed E-state index contributed by atoms with van der Waals surface area (Å²) in [5.41, 5.74) is 2.40. The Morgan fingerprint density at radius 2 is 1.93 bits per heavy atom. The number of hydrogen-bond donors (Lipinski definition) is 1. The van der Waals surface area contributed by atoms with Crippen LogP contribution < -0.4 is 14.8 Å². The summed E-state index contributed by atoms with van der Waals surface area (Å²) in [7, 11) is 1.37. The lowest BCUT2D eigenvalue weighted by atomic mass is 10.0. The van der Waals surface area contributed by atoms with Crippen molar-refractivity contribution in [3.05, 3.63) is 46.8 Å². The number of carbonyl (C=O) groups is 1. The zero-order valence-electron chi connectivity index (χ0n) is 16.1. The average molecular weight is 397 g/mol. The molecule has 1 N–H and O–H groups in total. The highest BCUT2D eigenvalue weighted by molar-refractivity contribution is 5.92. The molecule has 0 spiro atoms. The molecule has 2 rings (SSSR count). The smallest absolute Gasteiger partial charge is 0.422 e. The number of amides is 1. The number of hydrogen-bond acceptors (Lipinski definition) is 5. The second-order valence-electron chi connectivity index (χ2n) is 6.53. The molecule has 0 aliphatic rings. The van der Waals surface area contributed by atoms with Crippen LogP contribution in [0.2, 0.25) is 0 Å². The number of methoxy groups -OCH3 is 1. The maximum atomic E-state index is 12.3. The van der Waals surface area contributed by atoms with Crippen LogP contribution in [0.5, 0.6) is 11.8 Å². The summed E-state index contributed by atoms with van der Waals surface area (Å²) in [4.78, 5) is 20.4. The van der Waals surface area contributed by atoms with E-state index in [2.05, 4.69) is 20.0 Å². The fourth-order valence-electron chi connectivity index (χ4n) is 2.51. The molecule has 0 saturated heterocycles. The lowest BCUT2D eigenvalue weighted by Gasteiger charge is -2.13. The van der Waals surface area contributed by atoms with Crippen LogP contribution in [-0.2, 0) is 6.42 Å². The van der Waals surface area contributed by atoms with Gasteiger partial charge in [-0.3, -0.25) is 4.79 Å². The van der Waals surface area contributed by atoms with Gasteiger partial charge >= 0.3 is 6.18 Å². The Morgan fingerprint density at radius 3 is 2.54 bits per heavy atom. The summed E-state index contributed by atoms with van der Waals surface area (Å²) >= 11 is 0. The predicted molar refractivity (Wildman–Crippen MR) is 96.7 cm³/mol. The molecule has 0 unspecified atom stereocenters. The fourth-order valence-corrected chi connectivity index (χ4v) is 2.51. The summed E-state index contributed by atoms with van der Waals surface area (Å²) in [5.74, 6) is -0.302. The van der Waals surface area contributed by atoms with Gasteiger partial charge in [0, 0.05) is 29.8 Å². The van der Waals surface area contributed by atoms with E-state index in [1.165, 1.54) is 13.2 Å². The van der Waals surface area contributed by atoms with E-state index >= 15 is 0 Å². The van der Waals surface area contributed by atoms with E-state index in [1.54, 1.807) is 19.1 Å². The van der Waals surface area contributed by atoms with Crippen LogP contribution in [-0.4, -0.2) is 41.8 Å². The Labute approximate surface area is 161 Å². The second kappa shape index (κ2) is 8.90. The monoisotopic (exact) mass is 397 g/mol. The van der Waals surface area contributed by atoms with Crippen molar-refractivity contribution in [2.75, 3.05) is 13.7 Å². The Morgan fingerprint density at radius 1 is 1.21 bits per heavy atom. The standard InChI is InChI=1S/C19H22F3N3O3/c1-11(2)23-17(26)15-9-13(7-12(3)24-15)8-14-5-6-16(25-18(14)27-4)28-10-19(20,21)22/h5-7,9,11H,8,10H2,1-4H3,(H,23,26). The minimum Gasteiger partial charge on any atom is -0.481 e. The van der Waals surface area contributed by atoms with Gasteiger partial charge in [-0.25, -0.2) is 4.98 Å². The number of alkyl halides is 3. The molecule has 0 saturated carbocycles. The third kappa shape index (κ3) is 6.40. The maximum absolute atomic E-state index is 12.3. The third-order valence-electron chi connectivity index (χ3n) is 3.55. The molecule has 1 amide bonds. The lowest BCUT2D eigenvalue weighted by molar-refractivity contribution is -0.154. The minimum atomic E-state index is -4.45. The number of ether oxygens (including phenoxy) is 2. The van der Waals surface area contributed by atoms with Gasteiger partial charge in [0.15, 0.2) is 6.61 Å². The largest absolute Gasteiger partial charge is 0.481 e. The third-order valence-corrected chi connectivity index (χ3v) is 3.55. The number of nitrogens with one attached hydrogen (secondary N) is 1. The van der Waals surface area contributed by atoms with E-state index in [9.17, 15) is 18.0 Å². The first-order valence-corrected chi connectivity index (χ1v) is 8.59. The molecule has 2 heterocycles. The second-order valence-corrected chi connectivity index (χ2v) is 6.53. The molecule has 0 radical (unpaired) electrons. The van der Waals surface area contributed by atoms with Gasteiger partial charge in [-0.1, -0.05) is 0 Å². The summed E-state index contributed by atoms with van der Waals surface area (Å²) in [6, 6.07) is 6.40. The van der Waals surface area contributed by atoms with Crippen molar-refractivity contribution < 1.29 is 27.4 Å². The first-order valence-electron chi connectivity index (χ1n) is 8.59. The summed E-state index contributed by atoms with van der Waals surface area (Å²) < 4.78 is 46.7. The van der Waals surface area contributed by atoms with E-state index in [0.29, 0.717) is 23.4 Å². The van der Waals surface area contributed by atoms with Gasteiger partial charge in [-0.05, 0) is 44.5 Å². The number of rotatable bonds is 7. The Balaban J connectivity index is 2.22. The number of aromatic nitrogens is 2. The molecular formula is C19H22F3N3O3. The minimum absolute atomic E-state index is 0.0215. The van der Waals surface area contributed by atoms with Crippen molar-refractivity contribution in [1.82, 2.24) is 15.3 Å². The van der Waals surface area contributed by atoms with Crippen molar-refractivity contribution in [2.24, 2.45) is 0 Å². The first-order chi connectivity index (χ1) is 13.1. The molecule has 9 heteroatoms. The van der Waals surface area contributed by atoms with Crippen LogP contribution >= 0.6 is 0 Å². The van der Waals surface area contributed by atoms with Crippen molar-refractivity contribution in [2.45, 2.75) is 39.4 Å². The van der Waals surface area contributed by atoms with Crippen molar-refractivity contribution in [3.63, 3.8) is 0 Å². The number of carbonyl (C=O) groups excluding carboxylic acids is 1. The lowest BCUT2D eigenvalue weighted by Crippen LogP contribution is -2.31. The molecule has 152 valence electrons. The Kier molecular flexibility index (Phi) is 6.82. The van der Waals surface area contributed by atoms with Gasteiger partial charge in [-0.2, -0.15) is 18.2 Å². The molecule has 28 heavy (non-hydrogen) atoms.